The van der Waals surface area contributed by atoms with Crippen molar-refractivity contribution in [3.8, 4) is 5.69 Å². The predicted molar refractivity (Wildman–Crippen MR) is 59.8 cm³/mol. The largest absolute Gasteiger partial charge is 0.394 e. The Morgan fingerprint density at radius 1 is 1.13 bits per heavy atom. The molecule has 0 aliphatic rings. The Balaban J connectivity index is 2.25. The van der Waals surface area contributed by atoms with Crippen molar-refractivity contribution in [2.45, 2.75) is 6.04 Å². The van der Waals surface area contributed by atoms with Gasteiger partial charge in [0.05, 0.1) is 12.6 Å². The number of nitrogens with two attached hydrogens (primary N) is 1. The van der Waals surface area contributed by atoms with E-state index in [9.17, 15) is 0 Å². The van der Waals surface area contributed by atoms with Crippen LogP contribution in [0.15, 0.2) is 48.8 Å². The van der Waals surface area contributed by atoms with Crippen LogP contribution in [0.2, 0.25) is 0 Å². The molecule has 0 fully saturated rings. The highest BCUT2D eigenvalue weighted by Crippen LogP contribution is 2.14. The van der Waals surface area contributed by atoms with Crippen molar-refractivity contribution in [2.24, 2.45) is 5.73 Å². The molecule has 15 heavy (non-hydrogen) atoms. The second-order valence-corrected chi connectivity index (χ2v) is 3.47. The van der Waals surface area contributed by atoms with Gasteiger partial charge in [-0.05, 0) is 29.8 Å². The highest BCUT2D eigenvalue weighted by Gasteiger charge is 2.03. The fourth-order valence-electron chi connectivity index (χ4n) is 1.51. The van der Waals surface area contributed by atoms with E-state index in [0.717, 1.165) is 11.3 Å². The lowest BCUT2D eigenvalue weighted by molar-refractivity contribution is 0.268. The molecule has 0 unspecified atom stereocenters. The van der Waals surface area contributed by atoms with Crippen LogP contribution in [0.4, 0.5) is 0 Å². The Morgan fingerprint density at radius 3 is 2.27 bits per heavy atom. The van der Waals surface area contributed by atoms with Gasteiger partial charge in [0.25, 0.3) is 0 Å². The normalized spacial score (nSPS) is 12.7. The van der Waals surface area contributed by atoms with Crippen LogP contribution in [0.5, 0.6) is 0 Å². The van der Waals surface area contributed by atoms with Crippen LogP contribution in [0.1, 0.15) is 11.6 Å². The number of aliphatic hydroxyl groups is 1. The first-order valence-corrected chi connectivity index (χ1v) is 4.91. The van der Waals surface area contributed by atoms with E-state index in [0.29, 0.717) is 0 Å². The Labute approximate surface area is 88.8 Å². The summed E-state index contributed by atoms with van der Waals surface area (Å²) in [6.45, 7) is -0.0249. The molecule has 1 atom stereocenters. The molecule has 0 spiro atoms. The summed E-state index contributed by atoms with van der Waals surface area (Å²) < 4.78 is 2.02. The molecule has 3 heteroatoms. The number of benzene rings is 1. The van der Waals surface area contributed by atoms with Crippen molar-refractivity contribution >= 4 is 0 Å². The van der Waals surface area contributed by atoms with Gasteiger partial charge in [-0.2, -0.15) is 0 Å². The minimum Gasteiger partial charge on any atom is -0.394 e. The van der Waals surface area contributed by atoms with E-state index in [1.54, 1.807) is 0 Å². The van der Waals surface area contributed by atoms with Crippen LogP contribution in [0.3, 0.4) is 0 Å². The molecule has 0 saturated carbocycles. The molecule has 1 heterocycles. The van der Waals surface area contributed by atoms with Crippen LogP contribution >= 0.6 is 0 Å². The van der Waals surface area contributed by atoms with Crippen molar-refractivity contribution in [2.75, 3.05) is 6.61 Å². The summed E-state index contributed by atoms with van der Waals surface area (Å²) in [5.41, 5.74) is 7.75. The van der Waals surface area contributed by atoms with E-state index < -0.39 is 0 Å². The molecule has 0 bridgehead atoms. The van der Waals surface area contributed by atoms with Gasteiger partial charge in [-0.25, -0.2) is 0 Å². The van der Waals surface area contributed by atoms with Gasteiger partial charge in [0, 0.05) is 18.1 Å². The number of hydrogen-bond acceptors (Lipinski definition) is 2. The van der Waals surface area contributed by atoms with Gasteiger partial charge < -0.3 is 15.4 Å². The number of aliphatic hydroxyl groups excluding tert-OH is 1. The lowest BCUT2D eigenvalue weighted by atomic mass is 10.1. The molecule has 0 aliphatic carbocycles. The molecule has 0 aliphatic heterocycles. The SMILES string of the molecule is N[C@@H](CO)c1ccc(-n2cccc2)cc1. The topological polar surface area (TPSA) is 51.2 Å². The fraction of sp³-hybridized carbons (Fsp3) is 0.167. The first-order valence-electron chi connectivity index (χ1n) is 4.91. The first-order chi connectivity index (χ1) is 7.31. The zero-order valence-corrected chi connectivity index (χ0v) is 8.38. The van der Waals surface area contributed by atoms with E-state index >= 15 is 0 Å². The van der Waals surface area contributed by atoms with Gasteiger partial charge in [-0.15, -0.1) is 0 Å². The van der Waals surface area contributed by atoms with Gasteiger partial charge in [0.1, 0.15) is 0 Å². The zero-order chi connectivity index (χ0) is 10.7. The molecule has 1 aromatic heterocycles. The van der Waals surface area contributed by atoms with Crippen molar-refractivity contribution in [1.82, 2.24) is 4.57 Å². The molecule has 78 valence electrons. The van der Waals surface area contributed by atoms with Gasteiger partial charge in [-0.3, -0.25) is 0 Å². The molecule has 3 nitrogen and oxygen atoms in total. The third-order valence-corrected chi connectivity index (χ3v) is 2.42. The molecule has 0 radical (unpaired) electrons. The fourth-order valence-corrected chi connectivity index (χ4v) is 1.51. The summed E-state index contributed by atoms with van der Waals surface area (Å²) >= 11 is 0. The molecule has 2 aromatic rings. The second-order valence-electron chi connectivity index (χ2n) is 3.47. The Morgan fingerprint density at radius 2 is 1.73 bits per heavy atom. The van der Waals surface area contributed by atoms with E-state index in [2.05, 4.69) is 0 Å². The second kappa shape index (κ2) is 4.29. The number of hydrogen-bond donors (Lipinski definition) is 2. The molecule has 0 saturated heterocycles. The maximum Gasteiger partial charge on any atom is 0.0624 e. The van der Waals surface area contributed by atoms with Gasteiger partial charge in [0.15, 0.2) is 0 Å². The standard InChI is InChI=1S/C12H14N2O/c13-12(9-15)10-3-5-11(6-4-10)14-7-1-2-8-14/h1-8,12,15H,9,13H2/t12-/m0/s1. The summed E-state index contributed by atoms with van der Waals surface area (Å²) in [6, 6.07) is 11.5. The summed E-state index contributed by atoms with van der Waals surface area (Å²) in [5, 5.41) is 8.91. The van der Waals surface area contributed by atoms with Crippen molar-refractivity contribution in [1.29, 1.82) is 0 Å². The van der Waals surface area contributed by atoms with Crippen LogP contribution in [-0.2, 0) is 0 Å². The van der Waals surface area contributed by atoms with E-state index in [-0.39, 0.29) is 12.6 Å². The molecular weight excluding hydrogens is 188 g/mol. The van der Waals surface area contributed by atoms with Crippen molar-refractivity contribution < 1.29 is 5.11 Å². The highest BCUT2D eigenvalue weighted by molar-refractivity contribution is 5.36. The Hall–Kier alpha value is -1.58. The minimum absolute atomic E-state index is 0.0249. The van der Waals surface area contributed by atoms with Gasteiger partial charge in [0.2, 0.25) is 0 Å². The first kappa shape index (κ1) is 9.96. The average molecular weight is 202 g/mol. The smallest absolute Gasteiger partial charge is 0.0624 e. The third-order valence-electron chi connectivity index (χ3n) is 2.42. The lowest BCUT2D eigenvalue weighted by Crippen LogP contribution is -2.14. The molecule has 1 aromatic carbocycles. The van der Waals surface area contributed by atoms with Gasteiger partial charge >= 0.3 is 0 Å². The number of nitrogens with zero attached hydrogens (tertiary/aromatic N) is 1. The maximum absolute atomic E-state index is 8.91. The maximum atomic E-state index is 8.91. The number of aromatic nitrogens is 1. The monoisotopic (exact) mass is 202 g/mol. The zero-order valence-electron chi connectivity index (χ0n) is 8.38. The highest BCUT2D eigenvalue weighted by atomic mass is 16.3. The number of rotatable bonds is 3. The molecule has 3 N–H and O–H groups in total. The van der Waals surface area contributed by atoms with Crippen LogP contribution < -0.4 is 5.73 Å². The Bertz CT molecular complexity index is 406. The molecule has 0 amide bonds. The predicted octanol–water partition coefficient (Wildman–Crippen LogP) is 1.47. The van der Waals surface area contributed by atoms with Crippen LogP contribution in [0.25, 0.3) is 5.69 Å². The summed E-state index contributed by atoms with van der Waals surface area (Å²) in [6.07, 6.45) is 3.97. The lowest BCUT2D eigenvalue weighted by Gasteiger charge is -2.09. The van der Waals surface area contributed by atoms with Gasteiger partial charge in [-0.1, -0.05) is 12.1 Å². The van der Waals surface area contributed by atoms with E-state index in [1.807, 2.05) is 53.4 Å². The summed E-state index contributed by atoms with van der Waals surface area (Å²) in [4.78, 5) is 0. The molecule has 2 rings (SSSR count). The van der Waals surface area contributed by atoms with Crippen LogP contribution in [-0.4, -0.2) is 16.3 Å². The third kappa shape index (κ3) is 2.09. The molecular formula is C12H14N2O. The Kier molecular flexibility index (Phi) is 2.85. The van der Waals surface area contributed by atoms with Crippen LogP contribution in [0, 0.1) is 0 Å². The van der Waals surface area contributed by atoms with E-state index in [4.69, 9.17) is 10.8 Å². The summed E-state index contributed by atoms with van der Waals surface area (Å²) in [5.74, 6) is 0. The minimum atomic E-state index is -0.288. The quantitative estimate of drug-likeness (QED) is 0.791. The van der Waals surface area contributed by atoms with E-state index in [1.165, 1.54) is 0 Å². The average Bonchev–Trinajstić information content (AvgIpc) is 2.82. The van der Waals surface area contributed by atoms with Crippen molar-refractivity contribution in [3.63, 3.8) is 0 Å². The van der Waals surface area contributed by atoms with Crippen molar-refractivity contribution in [3.05, 3.63) is 54.4 Å². The summed E-state index contributed by atoms with van der Waals surface area (Å²) in [7, 11) is 0.